The number of thiophene rings is 1. The fraction of sp³-hybridized carbons (Fsp3) is 0.579. The topological polar surface area (TPSA) is 88.3 Å². The van der Waals surface area contributed by atoms with Crippen LogP contribution in [0.25, 0.3) is 10.7 Å². The summed E-state index contributed by atoms with van der Waals surface area (Å²) in [6.45, 7) is 2.07. The lowest BCUT2D eigenvalue weighted by molar-refractivity contribution is -0.133. The zero-order chi connectivity index (χ0) is 19.1. The molecule has 144 valence electrons. The number of likely N-dealkylation sites (N-methyl/N-ethyl adjacent to an activating group) is 1. The van der Waals surface area contributed by atoms with Crippen LogP contribution in [0.2, 0.25) is 0 Å². The number of fused-ring (bicyclic) bond motifs is 2. The highest BCUT2D eigenvalue weighted by Gasteiger charge is 2.53. The van der Waals surface area contributed by atoms with Gasteiger partial charge in [0.15, 0.2) is 0 Å². The summed E-state index contributed by atoms with van der Waals surface area (Å²) in [5.41, 5.74) is 0. The Labute approximate surface area is 162 Å². The molecule has 0 aliphatic heterocycles. The van der Waals surface area contributed by atoms with E-state index in [2.05, 4.69) is 15.5 Å². The van der Waals surface area contributed by atoms with Gasteiger partial charge in [-0.05, 0) is 50.2 Å². The lowest BCUT2D eigenvalue weighted by Gasteiger charge is -2.27. The van der Waals surface area contributed by atoms with Crippen molar-refractivity contribution in [2.24, 2.45) is 17.8 Å². The van der Waals surface area contributed by atoms with Crippen molar-refractivity contribution in [3.63, 3.8) is 0 Å². The van der Waals surface area contributed by atoms with Crippen LogP contribution in [0.3, 0.4) is 0 Å². The third-order valence-corrected chi connectivity index (χ3v) is 6.82. The second-order valence-electron chi connectivity index (χ2n) is 7.76. The first-order chi connectivity index (χ1) is 12.9. The largest absolute Gasteiger partial charge is 0.347 e. The molecule has 2 saturated carbocycles. The molecule has 0 radical (unpaired) electrons. The Bertz CT molecular complexity index is 859. The van der Waals surface area contributed by atoms with E-state index in [0.29, 0.717) is 23.6 Å². The highest BCUT2D eigenvalue weighted by molar-refractivity contribution is 7.15. The third kappa shape index (κ3) is 3.38. The van der Waals surface area contributed by atoms with Gasteiger partial charge in [0, 0.05) is 19.0 Å². The molecule has 27 heavy (non-hydrogen) atoms. The van der Waals surface area contributed by atoms with E-state index in [4.69, 9.17) is 4.52 Å². The number of hydrogen-bond acceptors (Lipinski definition) is 6. The molecular formula is C19H24N4O3S. The summed E-state index contributed by atoms with van der Waals surface area (Å²) >= 11 is 1.63. The van der Waals surface area contributed by atoms with Gasteiger partial charge in [-0.3, -0.25) is 9.59 Å². The number of rotatable bonds is 5. The van der Waals surface area contributed by atoms with Crippen molar-refractivity contribution >= 4 is 23.2 Å². The molecule has 0 aromatic carbocycles. The highest BCUT2D eigenvalue weighted by atomic mass is 32.1. The molecule has 7 nitrogen and oxygen atoms in total. The molecule has 2 fully saturated rings. The molecule has 2 aliphatic carbocycles. The Morgan fingerprint density at radius 3 is 2.78 bits per heavy atom. The summed E-state index contributed by atoms with van der Waals surface area (Å²) < 4.78 is 5.60. The van der Waals surface area contributed by atoms with Crippen molar-refractivity contribution in [3.8, 4) is 10.7 Å². The van der Waals surface area contributed by atoms with Crippen molar-refractivity contribution in [1.82, 2.24) is 20.4 Å². The molecule has 8 heteroatoms. The maximum absolute atomic E-state index is 12.9. The highest BCUT2D eigenvalue weighted by Crippen LogP contribution is 2.56. The molecule has 4 rings (SSSR count). The van der Waals surface area contributed by atoms with Crippen LogP contribution in [0.1, 0.15) is 35.9 Å². The van der Waals surface area contributed by atoms with E-state index in [1.165, 1.54) is 9.78 Å². The van der Waals surface area contributed by atoms with Crippen molar-refractivity contribution in [3.05, 3.63) is 22.9 Å². The van der Waals surface area contributed by atoms with Gasteiger partial charge >= 0.3 is 0 Å². The Morgan fingerprint density at radius 2 is 2.07 bits per heavy atom. The number of amides is 2. The van der Waals surface area contributed by atoms with E-state index in [1.54, 1.807) is 25.4 Å². The zero-order valence-corrected chi connectivity index (χ0v) is 16.6. The Hall–Kier alpha value is -2.22. The number of hydrogen-bond donors (Lipinski definition) is 1. The van der Waals surface area contributed by atoms with Crippen LogP contribution in [0.5, 0.6) is 0 Å². The van der Waals surface area contributed by atoms with E-state index >= 15 is 0 Å². The van der Waals surface area contributed by atoms with Gasteiger partial charge in [-0.2, -0.15) is 4.98 Å². The number of aryl methyl sites for hydroxylation is 1. The smallest absolute Gasteiger partial charge is 0.241 e. The molecular weight excluding hydrogens is 364 g/mol. The Balaban J connectivity index is 1.53. The lowest BCUT2D eigenvalue weighted by Crippen LogP contribution is -2.42. The number of aromatic nitrogens is 2. The molecule has 0 saturated heterocycles. The fourth-order valence-electron chi connectivity index (χ4n) is 4.49. The standard InChI is InChI=1S/C19H24N4O3S/c1-10-4-7-13(27-10)17-21-19(26-22-17)16-12-6-5-11(8-12)15(16)18(25)20-9-14(24)23(2)3/h4,7,11-12,15-16H,5-6,8-9H2,1-3H3,(H,20,25)/t11-,12+,15-,16-/m0/s1. The number of carbonyl (C=O) groups is 2. The second-order valence-corrected chi connectivity index (χ2v) is 9.05. The summed E-state index contributed by atoms with van der Waals surface area (Å²) in [4.78, 5) is 32.9. The minimum atomic E-state index is -0.197. The summed E-state index contributed by atoms with van der Waals surface area (Å²) in [7, 11) is 3.36. The SMILES string of the molecule is Cc1ccc(-c2noc([C@H]3[C@@H]4CC[C@@H](C4)[C@@H]3C(=O)NCC(=O)N(C)C)n2)s1. The summed E-state index contributed by atoms with van der Waals surface area (Å²) in [5, 5.41) is 6.97. The molecule has 2 amide bonds. The van der Waals surface area contributed by atoms with Crippen LogP contribution < -0.4 is 5.32 Å². The summed E-state index contributed by atoms with van der Waals surface area (Å²) in [5.74, 6) is 1.43. The van der Waals surface area contributed by atoms with Gasteiger partial charge < -0.3 is 14.7 Å². The van der Waals surface area contributed by atoms with Crippen LogP contribution in [-0.4, -0.2) is 47.5 Å². The van der Waals surface area contributed by atoms with Crippen LogP contribution in [-0.2, 0) is 9.59 Å². The minimum absolute atomic E-state index is 0.0238. The quantitative estimate of drug-likeness (QED) is 0.850. The van der Waals surface area contributed by atoms with E-state index < -0.39 is 0 Å². The summed E-state index contributed by atoms with van der Waals surface area (Å²) in [6.07, 6.45) is 3.15. The maximum atomic E-state index is 12.9. The average Bonchev–Trinajstić information content (AvgIpc) is 3.40. The molecule has 2 aliphatic rings. The first-order valence-electron chi connectivity index (χ1n) is 9.32. The van der Waals surface area contributed by atoms with E-state index in [0.717, 1.165) is 24.1 Å². The normalized spacial score (nSPS) is 26.3. The Kier molecular flexibility index (Phi) is 4.75. The van der Waals surface area contributed by atoms with Crippen LogP contribution >= 0.6 is 11.3 Å². The number of nitrogens with one attached hydrogen (secondary N) is 1. The molecule has 2 aromatic heterocycles. The first-order valence-corrected chi connectivity index (χ1v) is 10.1. The molecule has 4 atom stereocenters. The molecule has 1 N–H and O–H groups in total. The zero-order valence-electron chi connectivity index (χ0n) is 15.8. The van der Waals surface area contributed by atoms with E-state index in [9.17, 15) is 9.59 Å². The van der Waals surface area contributed by atoms with Crippen LogP contribution in [0, 0.1) is 24.7 Å². The van der Waals surface area contributed by atoms with Crippen molar-refractivity contribution in [2.45, 2.75) is 32.1 Å². The monoisotopic (exact) mass is 388 g/mol. The van der Waals surface area contributed by atoms with E-state index in [1.807, 2.05) is 19.1 Å². The minimum Gasteiger partial charge on any atom is -0.347 e. The van der Waals surface area contributed by atoms with Crippen LogP contribution in [0.15, 0.2) is 16.7 Å². The third-order valence-electron chi connectivity index (χ3n) is 5.82. The van der Waals surface area contributed by atoms with Gasteiger partial charge in [-0.1, -0.05) is 5.16 Å². The van der Waals surface area contributed by atoms with E-state index in [-0.39, 0.29) is 30.2 Å². The molecule has 2 bridgehead atoms. The molecule has 0 spiro atoms. The average molecular weight is 388 g/mol. The number of carbonyl (C=O) groups excluding carboxylic acids is 2. The maximum Gasteiger partial charge on any atom is 0.241 e. The number of nitrogens with zero attached hydrogens (tertiary/aromatic N) is 3. The van der Waals surface area contributed by atoms with Gasteiger partial charge in [0.2, 0.25) is 23.5 Å². The van der Waals surface area contributed by atoms with Gasteiger partial charge in [0.1, 0.15) is 0 Å². The predicted molar refractivity (Wildman–Crippen MR) is 101 cm³/mol. The van der Waals surface area contributed by atoms with Gasteiger partial charge in [-0.25, -0.2) is 0 Å². The fourth-order valence-corrected chi connectivity index (χ4v) is 5.28. The Morgan fingerprint density at radius 1 is 1.30 bits per heavy atom. The predicted octanol–water partition coefficient (Wildman–Crippen LogP) is 2.44. The van der Waals surface area contributed by atoms with Gasteiger partial charge in [-0.15, -0.1) is 11.3 Å². The van der Waals surface area contributed by atoms with Crippen molar-refractivity contribution in [2.75, 3.05) is 20.6 Å². The molecule has 2 aromatic rings. The summed E-state index contributed by atoms with van der Waals surface area (Å²) in [6, 6.07) is 4.03. The van der Waals surface area contributed by atoms with Crippen molar-refractivity contribution < 1.29 is 14.1 Å². The van der Waals surface area contributed by atoms with Gasteiger partial charge in [0.05, 0.1) is 23.3 Å². The molecule has 2 heterocycles. The van der Waals surface area contributed by atoms with Gasteiger partial charge in [0.25, 0.3) is 0 Å². The van der Waals surface area contributed by atoms with Crippen LogP contribution in [0.4, 0.5) is 0 Å². The first kappa shape index (κ1) is 18.2. The van der Waals surface area contributed by atoms with Crippen molar-refractivity contribution in [1.29, 1.82) is 0 Å². The lowest BCUT2D eigenvalue weighted by atomic mass is 9.78. The second kappa shape index (κ2) is 7.07. The molecule has 0 unspecified atom stereocenters.